The zero-order valence-corrected chi connectivity index (χ0v) is 13.5. The number of hydrogen-bond acceptors (Lipinski definition) is 1. The lowest BCUT2D eigenvalue weighted by Gasteiger charge is -2.20. The van der Waals surface area contributed by atoms with Gasteiger partial charge in [-0.15, -0.1) is 0 Å². The molecule has 0 aliphatic rings. The van der Waals surface area contributed by atoms with E-state index in [2.05, 4.69) is 42.8 Å². The predicted molar refractivity (Wildman–Crippen MR) is 84.2 cm³/mol. The number of rotatable bonds is 3. The summed E-state index contributed by atoms with van der Waals surface area (Å²) in [5.74, 6) is 1.02. The van der Waals surface area contributed by atoms with Gasteiger partial charge in [0.15, 0.2) is 0 Å². The first-order valence-corrected chi connectivity index (χ1v) is 7.65. The van der Waals surface area contributed by atoms with Gasteiger partial charge in [0.25, 0.3) is 0 Å². The molecule has 0 unspecified atom stereocenters. The summed E-state index contributed by atoms with van der Waals surface area (Å²) in [7, 11) is 0. The topological polar surface area (TPSA) is 9.23 Å². The maximum atomic E-state index is 13.7. The van der Waals surface area contributed by atoms with Gasteiger partial charge < -0.3 is 4.74 Å². The van der Waals surface area contributed by atoms with Crippen LogP contribution in [0.15, 0.2) is 42.5 Å². The first-order chi connectivity index (χ1) is 9.41. The molecule has 0 atom stereocenters. The summed E-state index contributed by atoms with van der Waals surface area (Å²) in [6.07, 6.45) is 0. The zero-order chi connectivity index (χ0) is 14.8. The minimum absolute atomic E-state index is 0.0551. The van der Waals surface area contributed by atoms with Gasteiger partial charge in [-0.3, -0.25) is 0 Å². The maximum absolute atomic E-state index is 13.7. The summed E-state index contributed by atoms with van der Waals surface area (Å²) in [6.45, 7) is 6.45. The summed E-state index contributed by atoms with van der Waals surface area (Å²) in [5, 5.41) is 0.425. The lowest BCUT2D eigenvalue weighted by atomic mass is 9.87. The van der Waals surface area contributed by atoms with Crippen molar-refractivity contribution in [2.24, 2.45) is 0 Å². The first kappa shape index (κ1) is 15.0. The molecule has 0 amide bonds. The van der Waals surface area contributed by atoms with E-state index in [4.69, 9.17) is 4.74 Å². The Hall–Kier alpha value is -1.35. The third kappa shape index (κ3) is 3.40. The van der Waals surface area contributed by atoms with Crippen molar-refractivity contribution in [1.29, 1.82) is 0 Å². The Morgan fingerprint density at radius 3 is 2.45 bits per heavy atom. The second-order valence-corrected chi connectivity index (χ2v) is 6.29. The Balaban J connectivity index is 2.34. The molecule has 1 nitrogen and oxygen atoms in total. The fourth-order valence-corrected chi connectivity index (χ4v) is 2.46. The number of halogens is 2. The van der Waals surface area contributed by atoms with Crippen LogP contribution in [0.2, 0.25) is 0 Å². The van der Waals surface area contributed by atoms with Crippen molar-refractivity contribution in [1.82, 2.24) is 0 Å². The molecular formula is C17H18BrFO. The van der Waals surface area contributed by atoms with Gasteiger partial charge in [0.2, 0.25) is 0 Å². The molecule has 0 heterocycles. The van der Waals surface area contributed by atoms with Gasteiger partial charge in [0.1, 0.15) is 17.3 Å². The van der Waals surface area contributed by atoms with Crippen LogP contribution in [0.3, 0.4) is 0 Å². The fraction of sp³-hybridized carbons (Fsp3) is 0.294. The summed E-state index contributed by atoms with van der Waals surface area (Å²) >= 11 is 3.30. The highest BCUT2D eigenvalue weighted by molar-refractivity contribution is 9.08. The Kier molecular flexibility index (Phi) is 4.48. The third-order valence-corrected chi connectivity index (χ3v) is 3.70. The molecule has 0 spiro atoms. The van der Waals surface area contributed by atoms with E-state index in [1.807, 2.05) is 18.2 Å². The van der Waals surface area contributed by atoms with E-state index in [0.717, 1.165) is 5.75 Å². The Bertz CT molecular complexity index is 602. The van der Waals surface area contributed by atoms with Crippen molar-refractivity contribution in [3.63, 3.8) is 0 Å². The molecule has 0 radical (unpaired) electrons. The summed E-state index contributed by atoms with van der Waals surface area (Å²) in [5.41, 5.74) is 1.78. The van der Waals surface area contributed by atoms with Gasteiger partial charge in [-0.2, -0.15) is 0 Å². The third-order valence-electron chi connectivity index (χ3n) is 3.14. The van der Waals surface area contributed by atoms with Crippen molar-refractivity contribution < 1.29 is 9.13 Å². The van der Waals surface area contributed by atoms with Crippen LogP contribution < -0.4 is 4.74 Å². The molecule has 0 aliphatic heterocycles. The molecule has 0 N–H and O–H groups in total. The minimum Gasteiger partial charge on any atom is -0.457 e. The number of hydrogen-bond donors (Lipinski definition) is 0. The smallest absolute Gasteiger partial charge is 0.134 e. The first-order valence-electron chi connectivity index (χ1n) is 6.53. The molecule has 3 heteroatoms. The van der Waals surface area contributed by atoms with E-state index in [1.165, 1.54) is 11.6 Å². The van der Waals surface area contributed by atoms with Crippen LogP contribution in [0.25, 0.3) is 0 Å². The Morgan fingerprint density at radius 2 is 1.80 bits per heavy atom. The maximum Gasteiger partial charge on any atom is 0.134 e. The quantitative estimate of drug-likeness (QED) is 0.642. The Labute approximate surface area is 127 Å². The number of benzene rings is 2. The summed E-state index contributed by atoms with van der Waals surface area (Å²) in [6, 6.07) is 12.8. The van der Waals surface area contributed by atoms with Crippen LogP contribution in [0, 0.1) is 5.82 Å². The van der Waals surface area contributed by atoms with E-state index in [1.54, 1.807) is 12.1 Å². The van der Waals surface area contributed by atoms with Crippen molar-refractivity contribution >= 4 is 15.9 Å². The normalized spacial score (nSPS) is 11.4. The highest BCUT2D eigenvalue weighted by atomic mass is 79.9. The standard InChI is InChI=1S/C17H18BrFO/c1-17(2,3)12-6-4-7-13(10-12)20-16-9-5-8-15(19)14(16)11-18/h4-10H,11H2,1-3H3. The van der Waals surface area contributed by atoms with Crippen LogP contribution in [-0.2, 0) is 10.7 Å². The van der Waals surface area contributed by atoms with E-state index < -0.39 is 0 Å². The van der Waals surface area contributed by atoms with Gasteiger partial charge in [-0.25, -0.2) is 4.39 Å². The predicted octanol–water partition coefficient (Wildman–Crippen LogP) is 5.81. The van der Waals surface area contributed by atoms with Crippen molar-refractivity contribution in [3.8, 4) is 11.5 Å². The molecule has 106 valence electrons. The second-order valence-electron chi connectivity index (χ2n) is 5.73. The van der Waals surface area contributed by atoms with Crippen molar-refractivity contribution in [2.45, 2.75) is 31.5 Å². The molecule has 20 heavy (non-hydrogen) atoms. The second kappa shape index (κ2) is 5.96. The van der Waals surface area contributed by atoms with Gasteiger partial charge in [0.05, 0.1) is 0 Å². The highest BCUT2D eigenvalue weighted by Crippen LogP contribution is 2.31. The lowest BCUT2D eigenvalue weighted by Crippen LogP contribution is -2.10. The van der Waals surface area contributed by atoms with Crippen molar-refractivity contribution in [3.05, 3.63) is 59.4 Å². The van der Waals surface area contributed by atoms with E-state index in [9.17, 15) is 4.39 Å². The lowest BCUT2D eigenvalue weighted by molar-refractivity contribution is 0.467. The molecule has 0 saturated heterocycles. The monoisotopic (exact) mass is 336 g/mol. The fourth-order valence-electron chi connectivity index (χ4n) is 1.92. The molecule has 2 aromatic rings. The summed E-state index contributed by atoms with van der Waals surface area (Å²) < 4.78 is 19.6. The van der Waals surface area contributed by atoms with E-state index in [0.29, 0.717) is 16.6 Å². The van der Waals surface area contributed by atoms with Crippen LogP contribution in [0.4, 0.5) is 4.39 Å². The van der Waals surface area contributed by atoms with Gasteiger partial charge in [-0.1, -0.05) is 54.9 Å². The average molecular weight is 337 g/mol. The molecule has 0 aliphatic carbocycles. The molecule has 0 fully saturated rings. The molecule has 2 aromatic carbocycles. The van der Waals surface area contributed by atoms with Gasteiger partial charge in [-0.05, 0) is 35.2 Å². The van der Waals surface area contributed by atoms with Gasteiger partial charge in [0, 0.05) is 10.9 Å². The van der Waals surface area contributed by atoms with Crippen LogP contribution >= 0.6 is 15.9 Å². The largest absolute Gasteiger partial charge is 0.457 e. The van der Waals surface area contributed by atoms with Gasteiger partial charge >= 0.3 is 0 Å². The number of ether oxygens (including phenoxy) is 1. The van der Waals surface area contributed by atoms with E-state index >= 15 is 0 Å². The van der Waals surface area contributed by atoms with Crippen LogP contribution in [0.1, 0.15) is 31.9 Å². The SMILES string of the molecule is CC(C)(C)c1cccc(Oc2cccc(F)c2CBr)c1. The molecule has 0 bridgehead atoms. The number of alkyl halides is 1. The van der Waals surface area contributed by atoms with Crippen LogP contribution in [-0.4, -0.2) is 0 Å². The molecule has 0 aromatic heterocycles. The van der Waals surface area contributed by atoms with Crippen molar-refractivity contribution in [2.75, 3.05) is 0 Å². The minimum atomic E-state index is -0.258. The highest BCUT2D eigenvalue weighted by Gasteiger charge is 2.15. The molecular weight excluding hydrogens is 319 g/mol. The zero-order valence-electron chi connectivity index (χ0n) is 11.9. The summed E-state index contributed by atoms with van der Waals surface area (Å²) in [4.78, 5) is 0. The average Bonchev–Trinajstić information content (AvgIpc) is 2.38. The van der Waals surface area contributed by atoms with Crippen LogP contribution in [0.5, 0.6) is 11.5 Å². The molecule has 0 saturated carbocycles. The van der Waals surface area contributed by atoms with E-state index in [-0.39, 0.29) is 11.2 Å². The Morgan fingerprint density at radius 1 is 1.10 bits per heavy atom. The molecule has 2 rings (SSSR count).